The van der Waals surface area contributed by atoms with E-state index >= 15 is 0 Å². The number of carbonyl (C=O) groups is 1. The van der Waals surface area contributed by atoms with Crippen LogP contribution < -0.4 is 5.73 Å². The lowest BCUT2D eigenvalue weighted by atomic mass is 10.1. The molecule has 1 aliphatic rings. The highest BCUT2D eigenvalue weighted by molar-refractivity contribution is 5.95. The van der Waals surface area contributed by atoms with E-state index in [9.17, 15) is 9.18 Å². The molecule has 3 heterocycles. The molecule has 1 fully saturated rings. The first kappa shape index (κ1) is 20.8. The van der Waals surface area contributed by atoms with Crippen molar-refractivity contribution in [2.24, 2.45) is 12.8 Å². The fourth-order valence-corrected chi connectivity index (χ4v) is 4.35. The van der Waals surface area contributed by atoms with E-state index < -0.39 is 5.82 Å². The lowest BCUT2D eigenvalue weighted by Gasteiger charge is -2.15. The van der Waals surface area contributed by atoms with Crippen molar-refractivity contribution in [3.8, 4) is 17.1 Å². The first-order valence-corrected chi connectivity index (χ1v) is 10.6. The van der Waals surface area contributed by atoms with Crippen molar-refractivity contribution < 1.29 is 9.18 Å². The first-order valence-electron chi connectivity index (χ1n) is 10.6. The topological polar surface area (TPSA) is 86.3 Å². The van der Waals surface area contributed by atoms with Crippen molar-refractivity contribution in [2.45, 2.75) is 19.4 Å². The van der Waals surface area contributed by atoms with Crippen LogP contribution in [0.2, 0.25) is 0 Å². The Morgan fingerprint density at radius 1 is 1.27 bits per heavy atom. The van der Waals surface area contributed by atoms with Gasteiger partial charge in [0.05, 0.1) is 17.8 Å². The third-order valence-electron chi connectivity index (χ3n) is 6.01. The van der Waals surface area contributed by atoms with Gasteiger partial charge in [0.2, 0.25) is 5.69 Å². The summed E-state index contributed by atoms with van der Waals surface area (Å²) in [5, 5.41) is 5.35. The van der Waals surface area contributed by atoms with Crippen molar-refractivity contribution >= 4 is 22.5 Å². The quantitative estimate of drug-likeness (QED) is 0.490. The minimum Gasteiger partial charge on any atom is -0.336 e. The molecule has 0 aliphatic carbocycles. The van der Waals surface area contributed by atoms with Crippen LogP contribution in [-0.2, 0) is 7.05 Å². The van der Waals surface area contributed by atoms with E-state index in [2.05, 4.69) is 14.9 Å². The Morgan fingerprint density at radius 3 is 2.79 bits per heavy atom. The number of nitrogens with two attached hydrogens (primary N) is 1. The summed E-state index contributed by atoms with van der Waals surface area (Å²) in [7, 11) is 1.85. The van der Waals surface area contributed by atoms with Gasteiger partial charge in [-0.3, -0.25) is 14.0 Å². The fraction of sp³-hybridized carbons (Fsp3) is 0.250. The van der Waals surface area contributed by atoms with Crippen LogP contribution in [0.3, 0.4) is 0 Å². The summed E-state index contributed by atoms with van der Waals surface area (Å²) in [5.74, 6) is -0.394. The maximum atomic E-state index is 14.5. The summed E-state index contributed by atoms with van der Waals surface area (Å²) in [6.45, 7) is 10.0. The molecule has 0 radical (unpaired) electrons. The SMILES string of the molecule is [C-]#[N+]c1ccc(-c2nc(C(=O)N3CC[C@H](N)C3)c(C)n2-c2ccc3nn(C)cc3c2)cc1F. The molecule has 1 saturated heterocycles. The second-order valence-corrected chi connectivity index (χ2v) is 8.33. The summed E-state index contributed by atoms with van der Waals surface area (Å²) in [5.41, 5.74) is 8.99. The molecule has 9 heteroatoms. The average Bonchev–Trinajstić information content (AvgIpc) is 3.48. The Balaban J connectivity index is 1.70. The van der Waals surface area contributed by atoms with Gasteiger partial charge in [-0.05, 0) is 37.6 Å². The molecule has 2 aromatic heterocycles. The lowest BCUT2D eigenvalue weighted by molar-refractivity contribution is 0.0785. The number of benzene rings is 2. The number of amides is 1. The van der Waals surface area contributed by atoms with E-state index in [1.165, 1.54) is 12.1 Å². The summed E-state index contributed by atoms with van der Waals surface area (Å²) < 4.78 is 18.1. The van der Waals surface area contributed by atoms with Gasteiger partial charge < -0.3 is 10.6 Å². The summed E-state index contributed by atoms with van der Waals surface area (Å²) in [4.78, 5) is 22.9. The third-order valence-corrected chi connectivity index (χ3v) is 6.01. The molecule has 2 aromatic carbocycles. The van der Waals surface area contributed by atoms with E-state index in [0.29, 0.717) is 35.9 Å². The van der Waals surface area contributed by atoms with Crippen LogP contribution in [0.15, 0.2) is 42.6 Å². The Hall–Kier alpha value is -4.03. The Bertz CT molecular complexity index is 1450. The number of halogens is 1. The van der Waals surface area contributed by atoms with Gasteiger partial charge in [-0.2, -0.15) is 5.10 Å². The van der Waals surface area contributed by atoms with Crippen LogP contribution in [0.5, 0.6) is 0 Å². The van der Waals surface area contributed by atoms with E-state index in [0.717, 1.165) is 23.0 Å². The van der Waals surface area contributed by atoms with E-state index in [-0.39, 0.29) is 17.6 Å². The number of hydrogen-bond donors (Lipinski definition) is 1. The van der Waals surface area contributed by atoms with Crippen LogP contribution in [0, 0.1) is 19.3 Å². The molecule has 2 N–H and O–H groups in total. The van der Waals surface area contributed by atoms with Crippen LogP contribution in [0.25, 0.3) is 32.8 Å². The molecule has 0 unspecified atom stereocenters. The smallest absolute Gasteiger partial charge is 0.274 e. The minimum atomic E-state index is -0.629. The minimum absolute atomic E-state index is 0.0425. The van der Waals surface area contributed by atoms with Crippen molar-refractivity contribution in [3.05, 3.63) is 71.2 Å². The van der Waals surface area contributed by atoms with Crippen molar-refractivity contribution in [1.29, 1.82) is 0 Å². The highest BCUT2D eigenvalue weighted by Crippen LogP contribution is 2.31. The predicted octanol–water partition coefficient (Wildman–Crippen LogP) is 3.60. The van der Waals surface area contributed by atoms with Crippen LogP contribution in [0.4, 0.5) is 10.1 Å². The third kappa shape index (κ3) is 3.54. The van der Waals surface area contributed by atoms with Gasteiger partial charge in [-0.15, -0.1) is 0 Å². The molecular weight excluding hydrogens is 421 g/mol. The maximum absolute atomic E-state index is 14.5. The number of rotatable bonds is 3. The Morgan fingerprint density at radius 2 is 2.09 bits per heavy atom. The van der Waals surface area contributed by atoms with Crippen LogP contribution >= 0.6 is 0 Å². The van der Waals surface area contributed by atoms with Gasteiger partial charge in [-0.25, -0.2) is 14.2 Å². The number of fused-ring (bicyclic) bond motifs is 1. The molecule has 4 aromatic rings. The molecule has 1 aliphatic heterocycles. The largest absolute Gasteiger partial charge is 0.336 e. The highest BCUT2D eigenvalue weighted by Gasteiger charge is 2.29. The number of carbonyl (C=O) groups excluding carboxylic acids is 1. The van der Waals surface area contributed by atoms with E-state index in [1.54, 1.807) is 15.6 Å². The molecule has 166 valence electrons. The van der Waals surface area contributed by atoms with Gasteiger partial charge in [0.1, 0.15) is 17.3 Å². The van der Waals surface area contributed by atoms with E-state index in [4.69, 9.17) is 12.3 Å². The van der Waals surface area contributed by atoms with Crippen LogP contribution in [-0.4, -0.2) is 49.3 Å². The molecule has 1 atom stereocenters. The average molecular weight is 443 g/mol. The molecular formula is C24H22FN7O. The molecule has 33 heavy (non-hydrogen) atoms. The maximum Gasteiger partial charge on any atom is 0.274 e. The number of imidazole rings is 1. The summed E-state index contributed by atoms with van der Waals surface area (Å²) >= 11 is 0. The fourth-order valence-electron chi connectivity index (χ4n) is 4.35. The number of hydrogen-bond acceptors (Lipinski definition) is 4. The standard InChI is InChI=1S/C24H22FN7O/c1-14-22(24(33)31-9-8-17(26)13-31)28-23(15-4-6-21(27-2)19(25)11-15)32(14)18-5-7-20-16(10-18)12-30(3)29-20/h4-7,10-12,17H,8-9,13,26H2,1,3H3/t17-/m0/s1. The predicted molar refractivity (Wildman–Crippen MR) is 123 cm³/mol. The monoisotopic (exact) mass is 443 g/mol. The first-order chi connectivity index (χ1) is 15.9. The molecule has 0 saturated carbocycles. The van der Waals surface area contributed by atoms with Gasteiger partial charge in [0.25, 0.3) is 5.91 Å². The van der Waals surface area contributed by atoms with Crippen molar-refractivity contribution in [1.82, 2.24) is 24.2 Å². The number of nitrogens with zero attached hydrogens (tertiary/aromatic N) is 6. The van der Waals surface area contributed by atoms with E-state index in [1.807, 2.05) is 42.9 Å². The highest BCUT2D eigenvalue weighted by atomic mass is 19.1. The number of likely N-dealkylation sites (tertiary alicyclic amines) is 1. The molecule has 0 spiro atoms. The zero-order valence-electron chi connectivity index (χ0n) is 18.3. The van der Waals surface area contributed by atoms with Crippen molar-refractivity contribution in [3.63, 3.8) is 0 Å². The zero-order chi connectivity index (χ0) is 23.3. The molecule has 0 bridgehead atoms. The molecule has 1 amide bonds. The Kier molecular flexibility index (Phi) is 4.95. The van der Waals surface area contributed by atoms with Gasteiger partial charge in [0.15, 0.2) is 0 Å². The number of aryl methyl sites for hydroxylation is 1. The normalized spacial score (nSPS) is 15.8. The zero-order valence-corrected chi connectivity index (χ0v) is 18.3. The molecule has 5 rings (SSSR count). The van der Waals surface area contributed by atoms with Crippen molar-refractivity contribution in [2.75, 3.05) is 13.1 Å². The Labute approximate surface area is 189 Å². The van der Waals surface area contributed by atoms with Crippen LogP contribution in [0.1, 0.15) is 22.6 Å². The summed E-state index contributed by atoms with van der Waals surface area (Å²) in [6.07, 6.45) is 2.66. The van der Waals surface area contributed by atoms with Gasteiger partial charge >= 0.3 is 0 Å². The molecule has 8 nitrogen and oxygen atoms in total. The second kappa shape index (κ2) is 7.83. The van der Waals surface area contributed by atoms with Gasteiger partial charge in [-0.1, -0.05) is 12.1 Å². The van der Waals surface area contributed by atoms with Gasteiger partial charge in [0, 0.05) is 49.0 Å². The lowest BCUT2D eigenvalue weighted by Crippen LogP contribution is -2.32. The number of aromatic nitrogens is 4. The summed E-state index contributed by atoms with van der Waals surface area (Å²) in [6, 6.07) is 10.1. The second-order valence-electron chi connectivity index (χ2n) is 8.33.